The number of hydrogen-bond donors (Lipinski definition) is 1. The molecule has 1 aromatic carbocycles. The fourth-order valence-corrected chi connectivity index (χ4v) is 2.56. The van der Waals surface area contributed by atoms with Gasteiger partial charge >= 0.3 is 0 Å². The highest BCUT2D eigenvalue weighted by Gasteiger charge is 2.27. The third kappa shape index (κ3) is 2.36. The first-order valence-electron chi connectivity index (χ1n) is 6.57. The van der Waals surface area contributed by atoms with E-state index in [-0.39, 0.29) is 0 Å². The first-order chi connectivity index (χ1) is 8.13. The Labute approximate surface area is 104 Å². The molecule has 0 bridgehead atoms. The second-order valence-corrected chi connectivity index (χ2v) is 5.23. The van der Waals surface area contributed by atoms with Crippen LogP contribution in [0.2, 0.25) is 0 Å². The van der Waals surface area contributed by atoms with Gasteiger partial charge in [0.2, 0.25) is 0 Å². The molecule has 2 heteroatoms. The van der Waals surface area contributed by atoms with Gasteiger partial charge in [0.05, 0.1) is 0 Å². The van der Waals surface area contributed by atoms with Gasteiger partial charge in [-0.2, -0.15) is 0 Å². The van der Waals surface area contributed by atoms with Crippen LogP contribution < -0.4 is 0 Å². The van der Waals surface area contributed by atoms with E-state index in [1.807, 2.05) is 6.07 Å². The van der Waals surface area contributed by atoms with E-state index in [4.69, 9.17) is 5.41 Å². The Morgan fingerprint density at radius 2 is 2.00 bits per heavy atom. The van der Waals surface area contributed by atoms with Crippen molar-refractivity contribution in [3.63, 3.8) is 0 Å². The van der Waals surface area contributed by atoms with E-state index in [2.05, 4.69) is 43.9 Å². The Morgan fingerprint density at radius 1 is 1.29 bits per heavy atom. The normalized spacial score (nSPS) is 18.1. The van der Waals surface area contributed by atoms with E-state index >= 15 is 0 Å². The predicted molar refractivity (Wildman–Crippen MR) is 72.3 cm³/mol. The lowest BCUT2D eigenvalue weighted by Gasteiger charge is -2.28. The van der Waals surface area contributed by atoms with Crippen LogP contribution in [0.5, 0.6) is 0 Å². The Morgan fingerprint density at radius 3 is 2.65 bits per heavy atom. The van der Waals surface area contributed by atoms with Crippen molar-refractivity contribution >= 4 is 5.84 Å². The van der Waals surface area contributed by atoms with Crippen LogP contribution in [-0.4, -0.2) is 16.8 Å². The number of nitrogens with zero attached hydrogens (tertiary/aromatic N) is 1. The van der Waals surface area contributed by atoms with Crippen molar-refractivity contribution in [3.05, 3.63) is 35.4 Å². The molecule has 1 N–H and O–H groups in total. The van der Waals surface area contributed by atoms with Crippen molar-refractivity contribution in [2.75, 3.05) is 0 Å². The first-order valence-corrected chi connectivity index (χ1v) is 6.57. The van der Waals surface area contributed by atoms with Crippen LogP contribution in [0.15, 0.2) is 24.3 Å². The van der Waals surface area contributed by atoms with Gasteiger partial charge in [0, 0.05) is 18.2 Å². The highest BCUT2D eigenvalue weighted by molar-refractivity contribution is 6.00. The summed E-state index contributed by atoms with van der Waals surface area (Å²) >= 11 is 0. The largest absolute Gasteiger partial charge is 0.350 e. The second-order valence-electron chi connectivity index (χ2n) is 5.23. The molecule has 2 atom stereocenters. The molecule has 17 heavy (non-hydrogen) atoms. The van der Waals surface area contributed by atoms with E-state index in [1.54, 1.807) is 0 Å². The lowest BCUT2D eigenvalue weighted by atomic mass is 9.99. The number of benzene rings is 1. The summed E-state index contributed by atoms with van der Waals surface area (Å²) in [6, 6.07) is 8.75. The molecule has 0 saturated carbocycles. The Hall–Kier alpha value is -1.31. The van der Waals surface area contributed by atoms with Gasteiger partial charge in [0.15, 0.2) is 0 Å². The molecule has 0 aliphatic carbocycles. The minimum absolute atomic E-state index is 0.463. The van der Waals surface area contributed by atoms with Crippen molar-refractivity contribution in [1.29, 1.82) is 5.41 Å². The summed E-state index contributed by atoms with van der Waals surface area (Å²) in [5.41, 5.74) is 2.41. The van der Waals surface area contributed by atoms with Crippen LogP contribution in [0.1, 0.15) is 44.7 Å². The van der Waals surface area contributed by atoms with Crippen molar-refractivity contribution in [1.82, 2.24) is 4.90 Å². The summed E-state index contributed by atoms with van der Waals surface area (Å²) in [5, 5.41) is 8.25. The highest BCUT2D eigenvalue weighted by Crippen LogP contribution is 2.26. The minimum Gasteiger partial charge on any atom is -0.350 e. The third-order valence-electron chi connectivity index (χ3n) is 3.87. The zero-order valence-electron chi connectivity index (χ0n) is 11.0. The molecule has 92 valence electrons. The Balaban J connectivity index is 2.09. The van der Waals surface area contributed by atoms with Crippen LogP contribution in [0, 0.1) is 11.3 Å². The molecule has 0 amide bonds. The van der Waals surface area contributed by atoms with Crippen LogP contribution in [-0.2, 0) is 6.54 Å². The lowest BCUT2D eigenvalue weighted by molar-refractivity contribution is 0.281. The van der Waals surface area contributed by atoms with E-state index in [9.17, 15) is 0 Å². The van der Waals surface area contributed by atoms with Crippen molar-refractivity contribution in [2.24, 2.45) is 5.92 Å². The van der Waals surface area contributed by atoms with Crippen LogP contribution in [0.3, 0.4) is 0 Å². The molecule has 0 spiro atoms. The second kappa shape index (κ2) is 4.91. The maximum atomic E-state index is 8.25. The van der Waals surface area contributed by atoms with Crippen molar-refractivity contribution in [2.45, 2.75) is 46.2 Å². The summed E-state index contributed by atoms with van der Waals surface area (Å²) in [4.78, 5) is 2.23. The fourth-order valence-electron chi connectivity index (χ4n) is 2.56. The average Bonchev–Trinajstić information content (AvgIpc) is 2.67. The van der Waals surface area contributed by atoms with E-state index < -0.39 is 0 Å². The van der Waals surface area contributed by atoms with E-state index in [1.165, 1.54) is 18.4 Å². The maximum Gasteiger partial charge on any atom is 0.128 e. The van der Waals surface area contributed by atoms with Gasteiger partial charge < -0.3 is 4.90 Å². The summed E-state index contributed by atoms with van der Waals surface area (Å²) in [5.74, 6) is 1.44. The maximum absolute atomic E-state index is 8.25. The van der Waals surface area contributed by atoms with Crippen LogP contribution in [0.4, 0.5) is 0 Å². The number of nitrogens with one attached hydrogen (secondary N) is 1. The summed E-state index contributed by atoms with van der Waals surface area (Å²) < 4.78 is 0. The van der Waals surface area contributed by atoms with Gasteiger partial charge in [-0.05, 0) is 24.8 Å². The molecule has 1 aliphatic rings. The molecule has 0 fully saturated rings. The molecule has 1 heterocycles. The molecule has 2 nitrogen and oxygen atoms in total. The first kappa shape index (κ1) is 12.2. The van der Waals surface area contributed by atoms with Crippen molar-refractivity contribution in [3.8, 4) is 0 Å². The van der Waals surface area contributed by atoms with Crippen LogP contribution in [0.25, 0.3) is 0 Å². The van der Waals surface area contributed by atoms with E-state index in [0.29, 0.717) is 11.9 Å². The topological polar surface area (TPSA) is 27.1 Å². The molecule has 1 aromatic rings. The number of amidine groups is 1. The molecular weight excluding hydrogens is 208 g/mol. The minimum atomic E-state index is 0.463. The monoisotopic (exact) mass is 230 g/mol. The van der Waals surface area contributed by atoms with Gasteiger partial charge in [-0.25, -0.2) is 0 Å². The summed E-state index contributed by atoms with van der Waals surface area (Å²) in [6.07, 6.45) is 2.39. The quantitative estimate of drug-likeness (QED) is 0.839. The molecule has 2 rings (SSSR count). The third-order valence-corrected chi connectivity index (χ3v) is 3.87. The zero-order valence-corrected chi connectivity index (χ0v) is 11.0. The summed E-state index contributed by atoms with van der Waals surface area (Å²) in [7, 11) is 0. The molecule has 0 radical (unpaired) electrons. The van der Waals surface area contributed by atoms with E-state index in [0.717, 1.165) is 18.0 Å². The molecule has 0 saturated heterocycles. The fraction of sp³-hybridized carbons (Fsp3) is 0.533. The lowest BCUT2D eigenvalue weighted by Crippen LogP contribution is -2.34. The van der Waals surface area contributed by atoms with Gasteiger partial charge in [0.25, 0.3) is 0 Å². The van der Waals surface area contributed by atoms with Crippen molar-refractivity contribution < 1.29 is 0 Å². The standard InChI is InChI=1S/C15H22N2/c1-4-11(2)9-12(3)17-10-13-7-5-6-8-14(13)15(17)16/h5-8,11-12,16H,4,9-10H2,1-3H3. The molecule has 1 aliphatic heterocycles. The smallest absolute Gasteiger partial charge is 0.128 e. The summed E-state index contributed by atoms with van der Waals surface area (Å²) in [6.45, 7) is 7.68. The molecular formula is C15H22N2. The highest BCUT2D eigenvalue weighted by atomic mass is 15.2. The molecule has 2 unspecified atom stereocenters. The number of rotatable bonds is 4. The van der Waals surface area contributed by atoms with Crippen LogP contribution >= 0.6 is 0 Å². The van der Waals surface area contributed by atoms with Gasteiger partial charge in [-0.15, -0.1) is 0 Å². The molecule has 0 aromatic heterocycles. The Bertz CT molecular complexity index is 411. The SMILES string of the molecule is CCC(C)CC(C)N1Cc2ccccc2C1=N. The zero-order chi connectivity index (χ0) is 12.4. The predicted octanol–water partition coefficient (Wildman–Crippen LogP) is 3.65. The van der Waals surface area contributed by atoms with Gasteiger partial charge in [0.1, 0.15) is 5.84 Å². The van der Waals surface area contributed by atoms with Gasteiger partial charge in [-0.1, -0.05) is 44.5 Å². The number of hydrogen-bond acceptors (Lipinski definition) is 1. The average molecular weight is 230 g/mol. The van der Waals surface area contributed by atoms with Gasteiger partial charge in [-0.3, -0.25) is 5.41 Å². The Kier molecular flexibility index (Phi) is 3.51. The number of fused-ring (bicyclic) bond motifs is 1.